The van der Waals surface area contributed by atoms with E-state index in [1.165, 1.54) is 0 Å². The summed E-state index contributed by atoms with van der Waals surface area (Å²) in [6, 6.07) is 7.55. The van der Waals surface area contributed by atoms with E-state index >= 15 is 0 Å². The number of aliphatic carboxylic acids is 1. The van der Waals surface area contributed by atoms with Gasteiger partial charge in [-0.2, -0.15) is 0 Å². The fraction of sp³-hybridized carbons (Fsp3) is 0.417. The summed E-state index contributed by atoms with van der Waals surface area (Å²) in [4.78, 5) is 10.8. The largest absolute Gasteiger partial charge is 0.481 e. The second-order valence-corrected chi connectivity index (χ2v) is 4.47. The monoisotopic (exact) mass is 224 g/mol. The molecule has 1 unspecified atom stereocenters. The van der Waals surface area contributed by atoms with Crippen molar-refractivity contribution in [3.8, 4) is 0 Å². The van der Waals surface area contributed by atoms with Gasteiger partial charge in [-0.3, -0.25) is 4.79 Å². The molecule has 1 N–H and O–H groups in total. The summed E-state index contributed by atoms with van der Waals surface area (Å²) in [5.41, 5.74) is 0.990. The van der Waals surface area contributed by atoms with Crippen LogP contribution in [0, 0.1) is 5.92 Å². The van der Waals surface area contributed by atoms with Crippen molar-refractivity contribution in [2.75, 3.05) is 0 Å². The van der Waals surface area contributed by atoms with Crippen molar-refractivity contribution in [2.24, 2.45) is 5.92 Å². The van der Waals surface area contributed by atoms with Crippen LogP contribution >= 0.6 is 11.6 Å². The fourth-order valence-electron chi connectivity index (χ4n) is 1.99. The number of carboxylic acids is 1. The average molecular weight is 225 g/mol. The molecule has 0 radical (unpaired) electrons. The lowest BCUT2D eigenvalue weighted by atomic mass is 9.91. The first kappa shape index (κ1) is 10.5. The second kappa shape index (κ2) is 4.23. The molecule has 0 aliphatic heterocycles. The Hall–Kier alpha value is -1.02. The molecule has 0 amide bonds. The fourth-order valence-corrected chi connectivity index (χ4v) is 2.27. The van der Waals surface area contributed by atoms with Gasteiger partial charge in [0, 0.05) is 5.02 Å². The number of carboxylic acid groups (broad SMARTS) is 1. The number of halogens is 1. The molecule has 2 rings (SSSR count). The number of hydrogen-bond donors (Lipinski definition) is 1. The van der Waals surface area contributed by atoms with Gasteiger partial charge in [0.1, 0.15) is 0 Å². The van der Waals surface area contributed by atoms with Gasteiger partial charge in [0.15, 0.2) is 0 Å². The molecule has 1 aliphatic rings. The Kier molecular flexibility index (Phi) is 2.96. The van der Waals surface area contributed by atoms with Crippen LogP contribution in [-0.2, 0) is 4.79 Å². The molecule has 1 fully saturated rings. The van der Waals surface area contributed by atoms with Gasteiger partial charge in [-0.15, -0.1) is 0 Å². The molecule has 3 heteroatoms. The molecule has 2 nitrogen and oxygen atoms in total. The van der Waals surface area contributed by atoms with E-state index in [-0.39, 0.29) is 12.3 Å². The highest BCUT2D eigenvalue weighted by Gasteiger charge is 2.34. The van der Waals surface area contributed by atoms with E-state index in [1.807, 2.05) is 24.3 Å². The van der Waals surface area contributed by atoms with E-state index in [1.54, 1.807) is 0 Å². The van der Waals surface area contributed by atoms with Crippen LogP contribution in [0.15, 0.2) is 24.3 Å². The maximum absolute atomic E-state index is 10.8. The zero-order valence-electron chi connectivity index (χ0n) is 8.32. The predicted molar refractivity (Wildman–Crippen MR) is 59.2 cm³/mol. The lowest BCUT2D eigenvalue weighted by Gasteiger charge is -2.15. The maximum Gasteiger partial charge on any atom is 0.303 e. The predicted octanol–water partition coefficient (Wildman–Crippen LogP) is 3.31. The smallest absolute Gasteiger partial charge is 0.303 e. The minimum atomic E-state index is -0.744. The van der Waals surface area contributed by atoms with Crippen LogP contribution < -0.4 is 0 Å². The Labute approximate surface area is 93.9 Å². The van der Waals surface area contributed by atoms with Crippen molar-refractivity contribution in [3.05, 3.63) is 34.9 Å². The molecule has 1 saturated carbocycles. The van der Waals surface area contributed by atoms with Gasteiger partial charge in [0.05, 0.1) is 6.42 Å². The molecule has 15 heavy (non-hydrogen) atoms. The standard InChI is InChI=1S/C12H13ClO2/c13-11-4-2-1-3-9(11)10(7-12(14)15)8-5-6-8/h1-4,8,10H,5-7H2,(H,14,15). The lowest BCUT2D eigenvalue weighted by molar-refractivity contribution is -0.137. The van der Waals surface area contributed by atoms with Crippen LogP contribution in [0.3, 0.4) is 0 Å². The first-order valence-corrected chi connectivity index (χ1v) is 5.52. The van der Waals surface area contributed by atoms with E-state index in [2.05, 4.69) is 0 Å². The van der Waals surface area contributed by atoms with Gasteiger partial charge in [-0.05, 0) is 36.3 Å². The number of carbonyl (C=O) groups is 1. The maximum atomic E-state index is 10.8. The highest BCUT2D eigenvalue weighted by Crippen LogP contribution is 2.46. The van der Waals surface area contributed by atoms with E-state index < -0.39 is 5.97 Å². The molecule has 1 aromatic carbocycles. The minimum Gasteiger partial charge on any atom is -0.481 e. The summed E-state index contributed by atoms with van der Waals surface area (Å²) in [6.45, 7) is 0. The van der Waals surface area contributed by atoms with Crippen molar-refractivity contribution in [3.63, 3.8) is 0 Å². The van der Waals surface area contributed by atoms with Crippen molar-refractivity contribution in [2.45, 2.75) is 25.2 Å². The third kappa shape index (κ3) is 2.51. The van der Waals surface area contributed by atoms with Crippen LogP contribution in [-0.4, -0.2) is 11.1 Å². The van der Waals surface area contributed by atoms with E-state index in [0.717, 1.165) is 18.4 Å². The molecule has 1 atom stereocenters. The highest BCUT2D eigenvalue weighted by molar-refractivity contribution is 6.31. The molecular weight excluding hydrogens is 212 g/mol. The van der Waals surface area contributed by atoms with Gasteiger partial charge in [0.2, 0.25) is 0 Å². The molecule has 0 aromatic heterocycles. The molecule has 0 bridgehead atoms. The molecule has 0 spiro atoms. The molecule has 0 heterocycles. The van der Waals surface area contributed by atoms with Gasteiger partial charge in [-0.25, -0.2) is 0 Å². The lowest BCUT2D eigenvalue weighted by Crippen LogP contribution is -2.08. The normalized spacial score (nSPS) is 17.4. The molecular formula is C12H13ClO2. The number of hydrogen-bond acceptors (Lipinski definition) is 1. The van der Waals surface area contributed by atoms with Crippen LogP contribution in [0.2, 0.25) is 5.02 Å². The Morgan fingerprint density at radius 2 is 2.13 bits per heavy atom. The third-order valence-electron chi connectivity index (χ3n) is 2.89. The molecule has 1 aliphatic carbocycles. The first-order valence-electron chi connectivity index (χ1n) is 5.14. The van der Waals surface area contributed by atoms with Crippen molar-refractivity contribution < 1.29 is 9.90 Å². The SMILES string of the molecule is O=C(O)CC(c1ccccc1Cl)C1CC1. The first-order chi connectivity index (χ1) is 7.18. The van der Waals surface area contributed by atoms with Crippen LogP contribution in [0.25, 0.3) is 0 Å². The van der Waals surface area contributed by atoms with E-state index in [9.17, 15) is 4.79 Å². The van der Waals surface area contributed by atoms with Crippen molar-refractivity contribution in [1.82, 2.24) is 0 Å². The van der Waals surface area contributed by atoms with E-state index in [4.69, 9.17) is 16.7 Å². The van der Waals surface area contributed by atoms with Crippen molar-refractivity contribution in [1.29, 1.82) is 0 Å². The topological polar surface area (TPSA) is 37.3 Å². The second-order valence-electron chi connectivity index (χ2n) is 4.06. The van der Waals surface area contributed by atoms with Gasteiger partial charge >= 0.3 is 5.97 Å². The summed E-state index contributed by atoms with van der Waals surface area (Å²) in [6.07, 6.45) is 2.45. The molecule has 1 aromatic rings. The summed E-state index contributed by atoms with van der Waals surface area (Å²) in [5, 5.41) is 9.56. The van der Waals surface area contributed by atoms with Gasteiger partial charge in [0.25, 0.3) is 0 Å². The number of rotatable bonds is 4. The quantitative estimate of drug-likeness (QED) is 0.852. The van der Waals surface area contributed by atoms with E-state index in [0.29, 0.717) is 10.9 Å². The van der Waals surface area contributed by atoms with Crippen LogP contribution in [0.1, 0.15) is 30.7 Å². The Morgan fingerprint density at radius 1 is 1.47 bits per heavy atom. The Balaban J connectivity index is 2.24. The van der Waals surface area contributed by atoms with Crippen molar-refractivity contribution >= 4 is 17.6 Å². The highest BCUT2D eigenvalue weighted by atomic mass is 35.5. The Morgan fingerprint density at radius 3 is 2.67 bits per heavy atom. The minimum absolute atomic E-state index is 0.0937. The molecule has 0 saturated heterocycles. The average Bonchev–Trinajstić information content (AvgIpc) is 2.98. The van der Waals surface area contributed by atoms with Crippen LogP contribution in [0.4, 0.5) is 0 Å². The zero-order chi connectivity index (χ0) is 10.8. The van der Waals surface area contributed by atoms with Crippen LogP contribution in [0.5, 0.6) is 0 Å². The summed E-state index contributed by atoms with van der Waals surface area (Å²) in [7, 11) is 0. The third-order valence-corrected chi connectivity index (χ3v) is 3.23. The summed E-state index contributed by atoms with van der Waals surface area (Å²) >= 11 is 6.08. The van der Waals surface area contributed by atoms with Gasteiger partial charge in [-0.1, -0.05) is 29.8 Å². The number of benzene rings is 1. The zero-order valence-corrected chi connectivity index (χ0v) is 9.07. The van der Waals surface area contributed by atoms with Gasteiger partial charge < -0.3 is 5.11 Å². The summed E-state index contributed by atoms with van der Waals surface area (Å²) < 4.78 is 0. The molecule has 80 valence electrons. The Bertz CT molecular complexity index is 372. The summed E-state index contributed by atoms with van der Waals surface area (Å²) in [5.74, 6) is -0.135.